The van der Waals surface area contributed by atoms with E-state index < -0.39 is 11.7 Å². The van der Waals surface area contributed by atoms with E-state index in [1.165, 1.54) is 12.1 Å². The molecule has 2 N–H and O–H groups in total. The predicted molar refractivity (Wildman–Crippen MR) is 53.2 cm³/mol. The van der Waals surface area contributed by atoms with E-state index in [4.69, 9.17) is 5.73 Å². The fourth-order valence-electron chi connectivity index (χ4n) is 1.10. The van der Waals surface area contributed by atoms with Crippen LogP contribution in [0.3, 0.4) is 0 Å². The van der Waals surface area contributed by atoms with E-state index in [2.05, 4.69) is 13.5 Å². The zero-order valence-corrected chi connectivity index (χ0v) is 7.66. The lowest BCUT2D eigenvalue weighted by atomic mass is 9.99. The number of rotatable bonds is 3. The Morgan fingerprint density at radius 2 is 2.14 bits per heavy atom. The summed E-state index contributed by atoms with van der Waals surface area (Å²) in [5.74, 6) is -1.39. The molecule has 1 amide bonds. The van der Waals surface area contributed by atoms with Crippen molar-refractivity contribution >= 4 is 5.91 Å². The molecular weight excluding hydrogens is 181 g/mol. The van der Waals surface area contributed by atoms with Crippen molar-refractivity contribution in [2.24, 2.45) is 5.73 Å². The second-order valence-corrected chi connectivity index (χ2v) is 2.98. The molecule has 0 saturated heterocycles. The molecule has 0 fully saturated rings. The maximum atomic E-state index is 13.0. The number of hydrogen-bond donors (Lipinski definition) is 1. The highest BCUT2D eigenvalue weighted by atomic mass is 19.1. The van der Waals surface area contributed by atoms with Crippen LogP contribution in [0.1, 0.15) is 21.8 Å². The number of allylic oxidation sites excluding steroid dienone is 1. The van der Waals surface area contributed by atoms with Crippen molar-refractivity contribution in [1.82, 2.24) is 0 Å². The van der Waals surface area contributed by atoms with Crippen molar-refractivity contribution in [2.45, 2.75) is 5.92 Å². The number of halogens is 1. The van der Waals surface area contributed by atoms with Crippen LogP contribution in [0.25, 0.3) is 0 Å². The highest BCUT2D eigenvalue weighted by Crippen LogP contribution is 2.18. The van der Waals surface area contributed by atoms with Crippen molar-refractivity contribution < 1.29 is 9.18 Å². The van der Waals surface area contributed by atoms with Crippen LogP contribution in [0.15, 0.2) is 30.9 Å². The van der Waals surface area contributed by atoms with E-state index in [0.717, 1.165) is 6.07 Å². The van der Waals surface area contributed by atoms with Crippen LogP contribution >= 0.6 is 0 Å². The van der Waals surface area contributed by atoms with Gasteiger partial charge in [0.05, 0.1) is 0 Å². The predicted octanol–water partition coefficient (Wildman–Crippen LogP) is 2.03. The fraction of sp³-hybridized carbons (Fsp3) is 0.0909. The van der Waals surface area contributed by atoms with Gasteiger partial charge in [0.2, 0.25) is 5.91 Å². The molecule has 0 aliphatic rings. The van der Waals surface area contributed by atoms with Gasteiger partial charge in [-0.3, -0.25) is 4.79 Å². The summed E-state index contributed by atoms with van der Waals surface area (Å²) in [7, 11) is 0. The second kappa shape index (κ2) is 4.05. The Balaban J connectivity index is 3.19. The zero-order chi connectivity index (χ0) is 10.7. The molecule has 1 atom stereocenters. The lowest BCUT2D eigenvalue weighted by Gasteiger charge is -2.07. The minimum atomic E-state index is -0.651. The van der Waals surface area contributed by atoms with E-state index >= 15 is 0 Å². The first-order valence-corrected chi connectivity index (χ1v) is 4.10. The van der Waals surface area contributed by atoms with Gasteiger partial charge in [-0.05, 0) is 30.7 Å². The monoisotopic (exact) mass is 192 g/mol. The van der Waals surface area contributed by atoms with Crippen molar-refractivity contribution in [2.75, 3.05) is 0 Å². The minimum absolute atomic E-state index is 0.149. The second-order valence-electron chi connectivity index (χ2n) is 2.98. The van der Waals surface area contributed by atoms with Crippen LogP contribution in [0.5, 0.6) is 0 Å². The first-order chi connectivity index (χ1) is 6.54. The molecule has 1 unspecified atom stereocenters. The molecule has 0 heterocycles. The normalized spacial score (nSPS) is 12.1. The standard InChI is InChI=1S/C11H11FNO/c1-3-7(2)8-4-9(11(13)14)6-10(12)5-8/h3-7H,1-2H2,(H2,13,14). The van der Waals surface area contributed by atoms with Crippen LogP contribution in [0.4, 0.5) is 4.39 Å². The van der Waals surface area contributed by atoms with E-state index in [0.29, 0.717) is 5.56 Å². The number of carbonyl (C=O) groups is 1. The molecule has 0 aliphatic carbocycles. The van der Waals surface area contributed by atoms with Gasteiger partial charge in [0, 0.05) is 11.5 Å². The average Bonchev–Trinajstić information content (AvgIpc) is 2.15. The van der Waals surface area contributed by atoms with Crippen molar-refractivity contribution in [3.05, 3.63) is 54.7 Å². The lowest BCUT2D eigenvalue weighted by Crippen LogP contribution is -2.12. The average molecular weight is 192 g/mol. The third-order valence-electron chi connectivity index (χ3n) is 1.92. The van der Waals surface area contributed by atoms with E-state index in [1.54, 1.807) is 6.08 Å². The molecule has 0 spiro atoms. The van der Waals surface area contributed by atoms with Crippen LogP contribution in [0, 0.1) is 12.7 Å². The number of primary amides is 1. The van der Waals surface area contributed by atoms with Crippen LogP contribution in [-0.4, -0.2) is 5.91 Å². The molecule has 0 aromatic heterocycles. The van der Waals surface area contributed by atoms with Gasteiger partial charge in [0.25, 0.3) is 0 Å². The van der Waals surface area contributed by atoms with Gasteiger partial charge in [-0.15, -0.1) is 6.58 Å². The van der Waals surface area contributed by atoms with Crippen molar-refractivity contribution in [3.63, 3.8) is 0 Å². The Hall–Kier alpha value is -1.64. The molecule has 0 bridgehead atoms. The van der Waals surface area contributed by atoms with Crippen LogP contribution in [-0.2, 0) is 0 Å². The quantitative estimate of drug-likeness (QED) is 0.731. The smallest absolute Gasteiger partial charge is 0.248 e. The molecule has 0 saturated carbocycles. The summed E-state index contributed by atoms with van der Waals surface area (Å²) in [6.07, 6.45) is 1.57. The molecule has 2 nitrogen and oxygen atoms in total. The first-order valence-electron chi connectivity index (χ1n) is 4.10. The van der Waals surface area contributed by atoms with E-state index in [1.807, 2.05) is 0 Å². The summed E-state index contributed by atoms with van der Waals surface area (Å²) in [5.41, 5.74) is 5.78. The van der Waals surface area contributed by atoms with Gasteiger partial charge in [-0.2, -0.15) is 0 Å². The number of benzene rings is 1. The molecule has 1 rings (SSSR count). The fourth-order valence-corrected chi connectivity index (χ4v) is 1.10. The maximum Gasteiger partial charge on any atom is 0.248 e. The molecule has 1 radical (unpaired) electrons. The molecule has 73 valence electrons. The van der Waals surface area contributed by atoms with Crippen molar-refractivity contribution in [3.8, 4) is 0 Å². The van der Waals surface area contributed by atoms with E-state index in [-0.39, 0.29) is 11.5 Å². The molecule has 3 heteroatoms. The lowest BCUT2D eigenvalue weighted by molar-refractivity contribution is 0.1000. The molecule has 1 aromatic rings. The number of hydrogen-bond acceptors (Lipinski definition) is 1. The van der Waals surface area contributed by atoms with Gasteiger partial charge >= 0.3 is 0 Å². The summed E-state index contributed by atoms with van der Waals surface area (Å²) >= 11 is 0. The van der Waals surface area contributed by atoms with Gasteiger partial charge in [-0.1, -0.05) is 6.08 Å². The number of amides is 1. The first kappa shape index (κ1) is 10.4. The maximum absolute atomic E-state index is 13.0. The third kappa shape index (κ3) is 2.19. The van der Waals surface area contributed by atoms with Crippen LogP contribution in [0.2, 0.25) is 0 Å². The number of carbonyl (C=O) groups excluding carboxylic acids is 1. The van der Waals surface area contributed by atoms with Crippen molar-refractivity contribution in [1.29, 1.82) is 0 Å². The summed E-state index contributed by atoms with van der Waals surface area (Å²) in [6, 6.07) is 3.93. The largest absolute Gasteiger partial charge is 0.366 e. The van der Waals surface area contributed by atoms with Gasteiger partial charge in [-0.25, -0.2) is 4.39 Å². The number of nitrogens with two attached hydrogens (primary N) is 1. The topological polar surface area (TPSA) is 43.1 Å². The highest BCUT2D eigenvalue weighted by molar-refractivity contribution is 5.93. The Morgan fingerprint density at radius 3 is 2.64 bits per heavy atom. The highest BCUT2D eigenvalue weighted by Gasteiger charge is 2.08. The molecular formula is C11H11FNO. The summed E-state index contributed by atoms with van der Waals surface area (Å²) in [6.45, 7) is 7.27. The summed E-state index contributed by atoms with van der Waals surface area (Å²) in [5, 5.41) is 0. The zero-order valence-electron chi connectivity index (χ0n) is 7.66. The van der Waals surface area contributed by atoms with Crippen LogP contribution < -0.4 is 5.73 Å². The summed E-state index contributed by atoms with van der Waals surface area (Å²) < 4.78 is 13.0. The molecule has 1 aromatic carbocycles. The van der Waals surface area contributed by atoms with Gasteiger partial charge in [0.1, 0.15) is 5.82 Å². The van der Waals surface area contributed by atoms with Gasteiger partial charge < -0.3 is 5.73 Å². The minimum Gasteiger partial charge on any atom is -0.366 e. The van der Waals surface area contributed by atoms with Gasteiger partial charge in [0.15, 0.2) is 0 Å². The summed E-state index contributed by atoms with van der Waals surface area (Å²) in [4.78, 5) is 10.8. The molecule has 0 aliphatic heterocycles. The molecule has 14 heavy (non-hydrogen) atoms. The Morgan fingerprint density at radius 1 is 1.50 bits per heavy atom. The Bertz CT molecular complexity index is 374. The van der Waals surface area contributed by atoms with E-state index in [9.17, 15) is 9.18 Å². The Labute approximate surface area is 82.2 Å². The third-order valence-corrected chi connectivity index (χ3v) is 1.92. The Kier molecular flexibility index (Phi) is 3.02. The SMILES string of the molecule is [CH2]C(C=C)c1cc(F)cc(C(N)=O)c1.